The standard InChI is InChI=1S/C13H16ClFN2O/c1-17(10-4-6-16-7-5-10)13(18)11-3-2-9(15)8-12(11)14/h2-3,8,10,16H,4-7H2,1H3. The smallest absolute Gasteiger partial charge is 0.255 e. The van der Waals surface area contributed by atoms with Crippen molar-refractivity contribution in [2.24, 2.45) is 0 Å². The van der Waals surface area contributed by atoms with Crippen LogP contribution < -0.4 is 5.32 Å². The third-order valence-electron chi connectivity index (χ3n) is 3.34. The average molecular weight is 271 g/mol. The Morgan fingerprint density at radius 2 is 2.11 bits per heavy atom. The molecule has 18 heavy (non-hydrogen) atoms. The highest BCUT2D eigenvalue weighted by molar-refractivity contribution is 6.33. The molecule has 0 aromatic heterocycles. The van der Waals surface area contributed by atoms with Crippen LogP contribution in [0.3, 0.4) is 0 Å². The number of benzene rings is 1. The minimum Gasteiger partial charge on any atom is -0.339 e. The predicted octanol–water partition coefficient (Wildman–Crippen LogP) is 2.30. The Labute approximate surface area is 111 Å². The molecule has 1 amide bonds. The van der Waals surface area contributed by atoms with Gasteiger partial charge in [0.05, 0.1) is 10.6 Å². The summed E-state index contributed by atoms with van der Waals surface area (Å²) in [6.45, 7) is 1.83. The van der Waals surface area contributed by atoms with E-state index in [2.05, 4.69) is 5.32 Å². The molecule has 1 fully saturated rings. The second kappa shape index (κ2) is 5.67. The summed E-state index contributed by atoms with van der Waals surface area (Å²) in [6.07, 6.45) is 1.86. The van der Waals surface area contributed by atoms with Crippen LogP contribution in [0.2, 0.25) is 5.02 Å². The van der Waals surface area contributed by atoms with E-state index in [0.29, 0.717) is 5.56 Å². The van der Waals surface area contributed by atoms with Crippen LogP contribution in [0.25, 0.3) is 0 Å². The zero-order chi connectivity index (χ0) is 13.1. The maximum atomic E-state index is 12.9. The molecular weight excluding hydrogens is 255 g/mol. The first kappa shape index (κ1) is 13.3. The Bertz CT molecular complexity index is 447. The highest BCUT2D eigenvalue weighted by Crippen LogP contribution is 2.21. The third-order valence-corrected chi connectivity index (χ3v) is 3.65. The van der Waals surface area contributed by atoms with Crippen molar-refractivity contribution in [3.63, 3.8) is 0 Å². The van der Waals surface area contributed by atoms with Crippen LogP contribution in [-0.2, 0) is 0 Å². The van der Waals surface area contributed by atoms with Crippen molar-refractivity contribution in [1.29, 1.82) is 0 Å². The van der Waals surface area contributed by atoms with E-state index < -0.39 is 5.82 Å². The molecule has 0 unspecified atom stereocenters. The zero-order valence-electron chi connectivity index (χ0n) is 10.2. The lowest BCUT2D eigenvalue weighted by Crippen LogP contribution is -2.44. The van der Waals surface area contributed by atoms with Crippen LogP contribution in [0.1, 0.15) is 23.2 Å². The lowest BCUT2D eigenvalue weighted by molar-refractivity contribution is 0.0703. The first-order chi connectivity index (χ1) is 8.59. The van der Waals surface area contributed by atoms with Gasteiger partial charge in [0.1, 0.15) is 5.82 Å². The van der Waals surface area contributed by atoms with Gasteiger partial charge in [-0.15, -0.1) is 0 Å². The van der Waals surface area contributed by atoms with Crippen LogP contribution >= 0.6 is 11.6 Å². The summed E-state index contributed by atoms with van der Waals surface area (Å²) in [4.78, 5) is 14.0. The summed E-state index contributed by atoms with van der Waals surface area (Å²) in [5.74, 6) is -0.576. The van der Waals surface area contributed by atoms with E-state index in [0.717, 1.165) is 25.9 Å². The molecule has 3 nitrogen and oxygen atoms in total. The maximum absolute atomic E-state index is 12.9. The number of nitrogens with one attached hydrogen (secondary N) is 1. The molecule has 0 spiro atoms. The molecule has 1 saturated heterocycles. The molecule has 5 heteroatoms. The van der Waals surface area contributed by atoms with Crippen molar-refractivity contribution in [3.05, 3.63) is 34.6 Å². The van der Waals surface area contributed by atoms with E-state index in [1.165, 1.54) is 18.2 Å². The number of piperidine rings is 1. The summed E-state index contributed by atoms with van der Waals surface area (Å²) in [7, 11) is 1.78. The summed E-state index contributed by atoms with van der Waals surface area (Å²) in [5.41, 5.74) is 0.360. The first-order valence-corrected chi connectivity index (χ1v) is 6.40. The molecule has 0 saturated carbocycles. The Morgan fingerprint density at radius 3 is 2.72 bits per heavy atom. The molecule has 1 aromatic rings. The third kappa shape index (κ3) is 2.82. The highest BCUT2D eigenvalue weighted by Gasteiger charge is 2.24. The molecule has 0 aliphatic carbocycles. The lowest BCUT2D eigenvalue weighted by atomic mass is 10.0. The van der Waals surface area contributed by atoms with E-state index in [1.54, 1.807) is 11.9 Å². The minimum absolute atomic E-state index is 0.146. The van der Waals surface area contributed by atoms with Crippen LogP contribution in [0, 0.1) is 5.82 Å². The van der Waals surface area contributed by atoms with Gasteiger partial charge in [-0.1, -0.05) is 11.6 Å². The van der Waals surface area contributed by atoms with E-state index in [9.17, 15) is 9.18 Å². The molecule has 98 valence electrons. The van der Waals surface area contributed by atoms with Crippen LogP contribution in [0.5, 0.6) is 0 Å². The maximum Gasteiger partial charge on any atom is 0.255 e. The largest absolute Gasteiger partial charge is 0.339 e. The van der Waals surface area contributed by atoms with Crippen LogP contribution in [-0.4, -0.2) is 37.0 Å². The highest BCUT2D eigenvalue weighted by atomic mass is 35.5. The Morgan fingerprint density at radius 1 is 1.44 bits per heavy atom. The molecule has 1 aliphatic rings. The zero-order valence-corrected chi connectivity index (χ0v) is 11.0. The van der Waals surface area contributed by atoms with Gasteiger partial charge in [0.2, 0.25) is 0 Å². The van der Waals surface area contributed by atoms with Gasteiger partial charge in [-0.05, 0) is 44.1 Å². The fourth-order valence-electron chi connectivity index (χ4n) is 2.21. The van der Waals surface area contributed by atoms with Gasteiger partial charge in [0.25, 0.3) is 5.91 Å². The number of hydrogen-bond donors (Lipinski definition) is 1. The van der Waals surface area contributed by atoms with Gasteiger partial charge in [0, 0.05) is 13.1 Å². The van der Waals surface area contributed by atoms with Crippen molar-refractivity contribution < 1.29 is 9.18 Å². The van der Waals surface area contributed by atoms with Gasteiger partial charge in [-0.25, -0.2) is 4.39 Å². The number of halogens is 2. The summed E-state index contributed by atoms with van der Waals surface area (Å²) >= 11 is 5.91. The summed E-state index contributed by atoms with van der Waals surface area (Å²) < 4.78 is 12.9. The monoisotopic (exact) mass is 270 g/mol. The average Bonchev–Trinajstić information content (AvgIpc) is 2.38. The Hall–Kier alpha value is -1.13. The number of nitrogens with zero attached hydrogens (tertiary/aromatic N) is 1. The van der Waals surface area contributed by atoms with E-state index in [4.69, 9.17) is 11.6 Å². The molecule has 1 aliphatic heterocycles. The molecule has 2 rings (SSSR count). The van der Waals surface area contributed by atoms with Gasteiger partial charge < -0.3 is 10.2 Å². The van der Waals surface area contributed by atoms with Crippen molar-refractivity contribution in [2.75, 3.05) is 20.1 Å². The number of carbonyl (C=O) groups is 1. The van der Waals surface area contributed by atoms with Crippen molar-refractivity contribution in [2.45, 2.75) is 18.9 Å². The van der Waals surface area contributed by atoms with Crippen molar-refractivity contribution >= 4 is 17.5 Å². The molecule has 0 bridgehead atoms. The van der Waals surface area contributed by atoms with E-state index in [-0.39, 0.29) is 17.0 Å². The van der Waals surface area contributed by atoms with E-state index >= 15 is 0 Å². The van der Waals surface area contributed by atoms with Gasteiger partial charge >= 0.3 is 0 Å². The molecule has 0 radical (unpaired) electrons. The lowest BCUT2D eigenvalue weighted by Gasteiger charge is -2.31. The van der Waals surface area contributed by atoms with Crippen molar-refractivity contribution in [1.82, 2.24) is 10.2 Å². The van der Waals surface area contributed by atoms with Gasteiger partial charge in [-0.3, -0.25) is 4.79 Å². The number of amides is 1. The molecular formula is C13H16ClFN2O. The van der Waals surface area contributed by atoms with Gasteiger partial charge in [-0.2, -0.15) is 0 Å². The molecule has 0 atom stereocenters. The quantitative estimate of drug-likeness (QED) is 0.894. The second-order valence-electron chi connectivity index (χ2n) is 4.52. The van der Waals surface area contributed by atoms with Crippen LogP contribution in [0.15, 0.2) is 18.2 Å². The van der Waals surface area contributed by atoms with E-state index in [1.807, 2.05) is 0 Å². The first-order valence-electron chi connectivity index (χ1n) is 6.02. The number of carbonyl (C=O) groups excluding carboxylic acids is 1. The summed E-state index contributed by atoms with van der Waals surface area (Å²) in [6, 6.07) is 4.10. The Balaban J connectivity index is 2.14. The summed E-state index contributed by atoms with van der Waals surface area (Å²) in [5, 5.41) is 3.42. The number of rotatable bonds is 2. The van der Waals surface area contributed by atoms with Crippen LogP contribution in [0.4, 0.5) is 4.39 Å². The molecule has 1 heterocycles. The normalized spacial score (nSPS) is 16.6. The predicted molar refractivity (Wildman–Crippen MR) is 69.4 cm³/mol. The second-order valence-corrected chi connectivity index (χ2v) is 4.93. The van der Waals surface area contributed by atoms with Crippen molar-refractivity contribution in [3.8, 4) is 0 Å². The fourth-order valence-corrected chi connectivity index (χ4v) is 2.46. The number of hydrogen-bond acceptors (Lipinski definition) is 2. The Kier molecular flexibility index (Phi) is 4.19. The SMILES string of the molecule is CN(C(=O)c1ccc(F)cc1Cl)C1CCNCC1. The minimum atomic E-state index is -0.430. The molecule has 1 aromatic carbocycles. The molecule has 1 N–H and O–H groups in total. The van der Waals surface area contributed by atoms with Gasteiger partial charge in [0.15, 0.2) is 0 Å². The topological polar surface area (TPSA) is 32.3 Å². The fraction of sp³-hybridized carbons (Fsp3) is 0.462.